The molecule has 3 aromatic rings. The molecule has 0 bridgehead atoms. The number of para-hydroxylation sites is 1. The van der Waals surface area contributed by atoms with Gasteiger partial charge in [0.2, 0.25) is 0 Å². The lowest BCUT2D eigenvalue weighted by atomic mass is 10.00. The van der Waals surface area contributed by atoms with Gasteiger partial charge >= 0.3 is 0 Å². The van der Waals surface area contributed by atoms with Crippen molar-refractivity contribution in [1.29, 1.82) is 0 Å². The minimum atomic E-state index is -0.319. The Balaban J connectivity index is 1.93. The molecule has 156 valence electrons. The smallest absolute Gasteiger partial charge is 0.277 e. The molecule has 5 heteroatoms. The Labute approximate surface area is 181 Å². The Morgan fingerprint density at radius 2 is 1.65 bits per heavy atom. The normalized spacial score (nSPS) is 15.0. The highest BCUT2D eigenvalue weighted by molar-refractivity contribution is 6.23. The van der Waals surface area contributed by atoms with Crippen molar-refractivity contribution in [3.05, 3.63) is 101 Å². The van der Waals surface area contributed by atoms with Crippen LogP contribution in [0.25, 0.3) is 6.08 Å². The highest BCUT2D eigenvalue weighted by Gasteiger charge is 2.30. The van der Waals surface area contributed by atoms with Gasteiger partial charge in [0, 0.05) is 17.2 Å². The second-order valence-corrected chi connectivity index (χ2v) is 7.56. The van der Waals surface area contributed by atoms with Crippen LogP contribution in [0.15, 0.2) is 83.5 Å². The number of carbonyl (C=O) groups excluding carboxylic acids is 1. The number of benzene rings is 3. The first-order chi connectivity index (χ1) is 15.0. The van der Waals surface area contributed by atoms with Gasteiger partial charge in [0.1, 0.15) is 17.3 Å². The van der Waals surface area contributed by atoms with Gasteiger partial charge in [-0.2, -0.15) is 0 Å². The summed E-state index contributed by atoms with van der Waals surface area (Å²) in [6, 6.07) is 21.2. The van der Waals surface area contributed by atoms with E-state index in [9.17, 15) is 9.18 Å². The van der Waals surface area contributed by atoms with E-state index in [0.717, 1.165) is 28.1 Å². The van der Waals surface area contributed by atoms with Crippen LogP contribution in [-0.2, 0) is 4.79 Å². The van der Waals surface area contributed by atoms with Crippen LogP contribution in [0.3, 0.4) is 0 Å². The molecule has 1 amide bonds. The fourth-order valence-corrected chi connectivity index (χ4v) is 3.64. The summed E-state index contributed by atoms with van der Waals surface area (Å²) >= 11 is 0. The molecular formula is C26H23FN2O2. The third-order valence-corrected chi connectivity index (χ3v) is 5.14. The summed E-state index contributed by atoms with van der Waals surface area (Å²) in [5, 5.41) is 0. The van der Waals surface area contributed by atoms with Crippen LogP contribution in [0.5, 0.6) is 5.75 Å². The zero-order chi connectivity index (χ0) is 22.0. The molecule has 4 rings (SSSR count). The number of amides is 1. The van der Waals surface area contributed by atoms with Crippen LogP contribution in [0.2, 0.25) is 0 Å². The Morgan fingerprint density at radius 1 is 0.968 bits per heavy atom. The number of halogens is 1. The SMILES string of the molecule is COc1ccc(/C=C2\N=C(c3ccc(F)cc3)c3ccccc3N(C(C)C)C2=O)cc1. The number of ether oxygens (including phenoxy) is 1. The van der Waals surface area contributed by atoms with Gasteiger partial charge < -0.3 is 9.64 Å². The van der Waals surface area contributed by atoms with Gasteiger partial charge in [-0.1, -0.05) is 30.3 Å². The lowest BCUT2D eigenvalue weighted by Gasteiger charge is -2.27. The van der Waals surface area contributed by atoms with Gasteiger partial charge in [0.25, 0.3) is 5.91 Å². The lowest BCUT2D eigenvalue weighted by molar-refractivity contribution is -0.115. The molecule has 1 aliphatic heterocycles. The van der Waals surface area contributed by atoms with E-state index in [1.165, 1.54) is 12.1 Å². The summed E-state index contributed by atoms with van der Waals surface area (Å²) in [7, 11) is 1.61. The fraction of sp³-hybridized carbons (Fsp3) is 0.154. The van der Waals surface area contributed by atoms with E-state index in [4.69, 9.17) is 9.73 Å². The summed E-state index contributed by atoms with van der Waals surface area (Å²) in [5.41, 5.74) is 4.13. The third-order valence-electron chi connectivity index (χ3n) is 5.14. The van der Waals surface area contributed by atoms with Crippen LogP contribution >= 0.6 is 0 Å². The van der Waals surface area contributed by atoms with Crippen molar-refractivity contribution in [1.82, 2.24) is 0 Å². The Bertz CT molecular complexity index is 1160. The van der Waals surface area contributed by atoms with Gasteiger partial charge in [-0.3, -0.25) is 4.79 Å². The Kier molecular flexibility index (Phi) is 5.67. The van der Waals surface area contributed by atoms with E-state index in [1.807, 2.05) is 62.4 Å². The van der Waals surface area contributed by atoms with Crippen LogP contribution in [0, 0.1) is 5.82 Å². The highest BCUT2D eigenvalue weighted by atomic mass is 19.1. The highest BCUT2D eigenvalue weighted by Crippen LogP contribution is 2.32. The van der Waals surface area contributed by atoms with Crippen molar-refractivity contribution in [2.24, 2.45) is 4.99 Å². The third kappa shape index (κ3) is 4.12. The molecule has 1 aliphatic rings. The monoisotopic (exact) mass is 414 g/mol. The van der Waals surface area contributed by atoms with E-state index >= 15 is 0 Å². The molecule has 0 spiro atoms. The second-order valence-electron chi connectivity index (χ2n) is 7.56. The van der Waals surface area contributed by atoms with E-state index in [2.05, 4.69) is 0 Å². The number of aliphatic imine (C=N–C) groups is 1. The maximum atomic E-state index is 13.6. The van der Waals surface area contributed by atoms with E-state index in [0.29, 0.717) is 11.4 Å². The maximum Gasteiger partial charge on any atom is 0.277 e. The zero-order valence-electron chi connectivity index (χ0n) is 17.7. The molecular weight excluding hydrogens is 391 g/mol. The van der Waals surface area contributed by atoms with Crippen LogP contribution < -0.4 is 9.64 Å². The average molecular weight is 414 g/mol. The van der Waals surface area contributed by atoms with Gasteiger partial charge in [0.05, 0.1) is 18.5 Å². The molecule has 0 saturated carbocycles. The van der Waals surface area contributed by atoms with E-state index < -0.39 is 0 Å². The summed E-state index contributed by atoms with van der Waals surface area (Å²) in [6.45, 7) is 3.95. The fourth-order valence-electron chi connectivity index (χ4n) is 3.64. The predicted octanol–water partition coefficient (Wildman–Crippen LogP) is 5.47. The maximum absolute atomic E-state index is 13.6. The number of hydrogen-bond donors (Lipinski definition) is 0. The number of benzodiazepines with no additional fused rings is 1. The molecule has 0 unspecified atom stereocenters. The van der Waals surface area contributed by atoms with Crippen LogP contribution in [-0.4, -0.2) is 24.8 Å². The summed E-state index contributed by atoms with van der Waals surface area (Å²) in [5.74, 6) is 0.233. The van der Waals surface area contributed by atoms with Crippen LogP contribution in [0.1, 0.15) is 30.5 Å². The lowest BCUT2D eigenvalue weighted by Crippen LogP contribution is -2.37. The first-order valence-corrected chi connectivity index (χ1v) is 10.1. The number of carbonyl (C=O) groups is 1. The predicted molar refractivity (Wildman–Crippen MR) is 122 cm³/mol. The minimum absolute atomic E-state index is 0.0734. The van der Waals surface area contributed by atoms with E-state index in [-0.39, 0.29) is 17.8 Å². The molecule has 0 radical (unpaired) electrons. The van der Waals surface area contributed by atoms with Gasteiger partial charge in [-0.05, 0) is 68.0 Å². The van der Waals surface area contributed by atoms with Crippen molar-refractivity contribution < 1.29 is 13.9 Å². The number of nitrogens with zero attached hydrogens (tertiary/aromatic N) is 2. The van der Waals surface area contributed by atoms with Gasteiger partial charge in [-0.15, -0.1) is 0 Å². The van der Waals surface area contributed by atoms with Crippen molar-refractivity contribution >= 4 is 23.4 Å². The molecule has 0 saturated heterocycles. The molecule has 0 aliphatic carbocycles. The topological polar surface area (TPSA) is 41.9 Å². The molecule has 1 heterocycles. The van der Waals surface area contributed by atoms with E-state index in [1.54, 1.807) is 30.2 Å². The first-order valence-electron chi connectivity index (χ1n) is 10.1. The molecule has 31 heavy (non-hydrogen) atoms. The summed E-state index contributed by atoms with van der Waals surface area (Å²) < 4.78 is 18.8. The number of fused-ring (bicyclic) bond motifs is 1. The van der Waals surface area contributed by atoms with Crippen molar-refractivity contribution in [3.63, 3.8) is 0 Å². The Morgan fingerprint density at radius 3 is 2.29 bits per heavy atom. The van der Waals surface area contributed by atoms with Crippen molar-refractivity contribution in [2.75, 3.05) is 12.0 Å². The van der Waals surface area contributed by atoms with Gasteiger partial charge in [0.15, 0.2) is 0 Å². The summed E-state index contributed by atoms with van der Waals surface area (Å²) in [6.07, 6.45) is 1.77. The van der Waals surface area contributed by atoms with Crippen LogP contribution in [0.4, 0.5) is 10.1 Å². The molecule has 3 aromatic carbocycles. The summed E-state index contributed by atoms with van der Waals surface area (Å²) in [4.78, 5) is 20.1. The second kappa shape index (κ2) is 8.56. The van der Waals surface area contributed by atoms with Crippen molar-refractivity contribution in [3.8, 4) is 5.75 Å². The quantitative estimate of drug-likeness (QED) is 0.532. The number of anilines is 1. The number of hydrogen-bond acceptors (Lipinski definition) is 3. The zero-order valence-corrected chi connectivity index (χ0v) is 17.7. The first kappa shape index (κ1) is 20.5. The molecule has 0 fully saturated rings. The number of rotatable bonds is 4. The largest absolute Gasteiger partial charge is 0.497 e. The molecule has 0 aromatic heterocycles. The molecule has 4 nitrogen and oxygen atoms in total. The van der Waals surface area contributed by atoms with Gasteiger partial charge in [-0.25, -0.2) is 9.38 Å². The number of methoxy groups -OCH3 is 1. The molecule has 0 atom stereocenters. The average Bonchev–Trinajstić information content (AvgIpc) is 2.89. The van der Waals surface area contributed by atoms with Crippen molar-refractivity contribution in [2.45, 2.75) is 19.9 Å². The standard InChI is InChI=1S/C26H23FN2O2/c1-17(2)29-24-7-5-4-6-22(24)25(19-10-12-20(27)13-11-19)28-23(26(29)30)16-18-8-14-21(31-3)15-9-18/h4-17H,1-3H3/b23-16-. The minimum Gasteiger partial charge on any atom is -0.497 e. The molecule has 0 N–H and O–H groups in total. The Hall–Kier alpha value is -3.73.